The molecule has 0 bridgehead atoms. The van der Waals surface area contributed by atoms with Crippen LogP contribution in [0.3, 0.4) is 0 Å². The smallest absolute Gasteiger partial charge is 0.127 e. The Morgan fingerprint density at radius 2 is 1.90 bits per heavy atom. The first-order valence-electron chi connectivity index (χ1n) is 5.84. The molecule has 0 aliphatic rings. The fraction of sp³-hybridized carbons (Fsp3) is 0. The van der Waals surface area contributed by atoms with Crippen LogP contribution in [0.4, 0.5) is 0 Å². The third-order valence-electron chi connectivity index (χ3n) is 2.85. The quantitative estimate of drug-likeness (QED) is 0.640. The molecule has 100 valence electrons. The number of phenols is 1. The van der Waals surface area contributed by atoms with Gasteiger partial charge in [0.15, 0.2) is 0 Å². The highest BCUT2D eigenvalue weighted by Crippen LogP contribution is 2.36. The highest BCUT2D eigenvalue weighted by atomic mass is 79.9. The summed E-state index contributed by atoms with van der Waals surface area (Å²) in [4.78, 5) is 4.56. The Bertz CT molecular complexity index is 772. The second-order valence-corrected chi connectivity index (χ2v) is 6.36. The van der Waals surface area contributed by atoms with E-state index in [1.165, 1.54) is 11.3 Å². The van der Waals surface area contributed by atoms with E-state index in [-0.39, 0.29) is 5.75 Å². The second kappa shape index (κ2) is 5.56. The standard InChI is InChI=1S/C15H9BrClNOS/c16-9-5-6-10(12(17)7-9)13-8-20-15(18-13)11-3-1-2-4-14(11)19/h1-8,19H. The monoisotopic (exact) mass is 365 g/mol. The summed E-state index contributed by atoms with van der Waals surface area (Å²) in [5, 5.41) is 13.2. The van der Waals surface area contributed by atoms with Gasteiger partial charge in [-0.1, -0.05) is 45.7 Å². The first-order valence-corrected chi connectivity index (χ1v) is 7.89. The Morgan fingerprint density at radius 1 is 1.10 bits per heavy atom. The summed E-state index contributed by atoms with van der Waals surface area (Å²) >= 11 is 11.1. The largest absolute Gasteiger partial charge is 0.507 e. The number of benzene rings is 2. The van der Waals surface area contributed by atoms with Crippen LogP contribution in [0.15, 0.2) is 52.3 Å². The SMILES string of the molecule is Oc1ccccc1-c1nc(-c2ccc(Br)cc2Cl)cs1. The molecule has 0 aliphatic carbocycles. The zero-order chi connectivity index (χ0) is 14.1. The average Bonchev–Trinajstić information content (AvgIpc) is 2.88. The Morgan fingerprint density at radius 3 is 2.65 bits per heavy atom. The van der Waals surface area contributed by atoms with Crippen LogP contribution in [0.5, 0.6) is 5.75 Å². The van der Waals surface area contributed by atoms with Crippen molar-refractivity contribution in [2.75, 3.05) is 0 Å². The van der Waals surface area contributed by atoms with Crippen molar-refractivity contribution < 1.29 is 5.11 Å². The van der Waals surface area contributed by atoms with E-state index in [2.05, 4.69) is 20.9 Å². The van der Waals surface area contributed by atoms with Crippen molar-refractivity contribution in [2.45, 2.75) is 0 Å². The van der Waals surface area contributed by atoms with Crippen LogP contribution in [0.1, 0.15) is 0 Å². The lowest BCUT2D eigenvalue weighted by Gasteiger charge is -2.02. The van der Waals surface area contributed by atoms with Gasteiger partial charge in [0.05, 0.1) is 16.3 Å². The molecule has 2 aromatic carbocycles. The molecule has 0 atom stereocenters. The van der Waals surface area contributed by atoms with E-state index in [1.54, 1.807) is 12.1 Å². The molecular formula is C15H9BrClNOS. The third kappa shape index (κ3) is 2.59. The number of rotatable bonds is 2. The first-order chi connectivity index (χ1) is 9.65. The van der Waals surface area contributed by atoms with Crippen molar-refractivity contribution >= 4 is 38.9 Å². The maximum atomic E-state index is 9.87. The average molecular weight is 367 g/mol. The molecule has 5 heteroatoms. The minimum absolute atomic E-state index is 0.232. The molecule has 1 heterocycles. The minimum Gasteiger partial charge on any atom is -0.507 e. The summed E-state index contributed by atoms with van der Waals surface area (Å²) in [7, 11) is 0. The van der Waals surface area contributed by atoms with Gasteiger partial charge in [-0.25, -0.2) is 4.98 Å². The number of hydrogen-bond donors (Lipinski definition) is 1. The normalized spacial score (nSPS) is 10.7. The Hall–Kier alpha value is -1.36. The summed E-state index contributed by atoms with van der Waals surface area (Å²) in [6.45, 7) is 0. The minimum atomic E-state index is 0.232. The van der Waals surface area contributed by atoms with E-state index in [0.717, 1.165) is 26.3 Å². The number of thiazole rings is 1. The summed E-state index contributed by atoms with van der Waals surface area (Å²) in [5.41, 5.74) is 2.43. The van der Waals surface area contributed by atoms with E-state index >= 15 is 0 Å². The molecular weight excluding hydrogens is 358 g/mol. The predicted molar refractivity (Wildman–Crippen MR) is 87.4 cm³/mol. The molecule has 1 N–H and O–H groups in total. The predicted octanol–water partition coefficient (Wildman–Crippen LogP) is 5.60. The number of para-hydroxylation sites is 1. The zero-order valence-electron chi connectivity index (χ0n) is 10.2. The molecule has 2 nitrogen and oxygen atoms in total. The van der Waals surface area contributed by atoms with Crippen LogP contribution < -0.4 is 0 Å². The molecule has 3 aromatic rings. The van der Waals surface area contributed by atoms with Gasteiger partial charge in [0.25, 0.3) is 0 Å². The van der Waals surface area contributed by atoms with Crippen LogP contribution in [0.25, 0.3) is 21.8 Å². The zero-order valence-corrected chi connectivity index (χ0v) is 13.3. The molecule has 3 rings (SSSR count). The van der Waals surface area contributed by atoms with Crippen LogP contribution >= 0.6 is 38.9 Å². The Kier molecular flexibility index (Phi) is 3.78. The van der Waals surface area contributed by atoms with Gasteiger partial charge in [-0.05, 0) is 24.3 Å². The summed E-state index contributed by atoms with van der Waals surface area (Å²) in [6.07, 6.45) is 0. The summed E-state index contributed by atoms with van der Waals surface area (Å²) in [5.74, 6) is 0.232. The molecule has 0 amide bonds. The number of aromatic nitrogens is 1. The van der Waals surface area contributed by atoms with Gasteiger partial charge in [-0.3, -0.25) is 0 Å². The lowest BCUT2D eigenvalue weighted by molar-refractivity contribution is 0.477. The summed E-state index contributed by atoms with van der Waals surface area (Å²) < 4.78 is 0.933. The first kappa shape index (κ1) is 13.6. The molecule has 0 spiro atoms. The van der Waals surface area contributed by atoms with Gasteiger partial charge in [-0.15, -0.1) is 11.3 Å². The second-order valence-electron chi connectivity index (χ2n) is 4.18. The van der Waals surface area contributed by atoms with Crippen molar-refractivity contribution in [1.82, 2.24) is 4.98 Å². The van der Waals surface area contributed by atoms with Gasteiger partial charge in [0.1, 0.15) is 10.8 Å². The summed E-state index contributed by atoms with van der Waals surface area (Å²) in [6, 6.07) is 12.9. The van der Waals surface area contributed by atoms with Crippen LogP contribution in [0, 0.1) is 0 Å². The van der Waals surface area contributed by atoms with E-state index < -0.39 is 0 Å². The van der Waals surface area contributed by atoms with Crippen LogP contribution in [-0.2, 0) is 0 Å². The van der Waals surface area contributed by atoms with Gasteiger partial charge in [0.2, 0.25) is 0 Å². The van der Waals surface area contributed by atoms with E-state index in [0.29, 0.717) is 5.02 Å². The highest BCUT2D eigenvalue weighted by molar-refractivity contribution is 9.10. The van der Waals surface area contributed by atoms with Gasteiger partial charge in [-0.2, -0.15) is 0 Å². The molecule has 20 heavy (non-hydrogen) atoms. The van der Waals surface area contributed by atoms with Crippen molar-refractivity contribution in [1.29, 1.82) is 0 Å². The number of phenolic OH excluding ortho intramolecular Hbond substituents is 1. The molecule has 0 unspecified atom stereocenters. The number of aromatic hydroxyl groups is 1. The van der Waals surface area contributed by atoms with Crippen LogP contribution in [0.2, 0.25) is 5.02 Å². The maximum absolute atomic E-state index is 9.87. The van der Waals surface area contributed by atoms with Crippen LogP contribution in [-0.4, -0.2) is 10.1 Å². The van der Waals surface area contributed by atoms with E-state index in [1.807, 2.05) is 35.7 Å². The van der Waals surface area contributed by atoms with Crippen molar-refractivity contribution in [3.8, 4) is 27.6 Å². The molecule has 0 fully saturated rings. The number of halogens is 2. The molecule has 0 saturated carbocycles. The maximum Gasteiger partial charge on any atom is 0.127 e. The van der Waals surface area contributed by atoms with Crippen molar-refractivity contribution in [3.63, 3.8) is 0 Å². The third-order valence-corrected chi connectivity index (χ3v) is 4.53. The van der Waals surface area contributed by atoms with Crippen molar-refractivity contribution in [3.05, 3.63) is 57.3 Å². The van der Waals surface area contributed by atoms with Gasteiger partial charge >= 0.3 is 0 Å². The fourth-order valence-electron chi connectivity index (χ4n) is 1.87. The molecule has 1 aromatic heterocycles. The lowest BCUT2D eigenvalue weighted by atomic mass is 10.1. The van der Waals surface area contributed by atoms with Gasteiger partial charge in [0, 0.05) is 15.4 Å². The Balaban J connectivity index is 2.04. The Labute approximate surface area is 133 Å². The van der Waals surface area contributed by atoms with Gasteiger partial charge < -0.3 is 5.11 Å². The topological polar surface area (TPSA) is 33.1 Å². The highest BCUT2D eigenvalue weighted by Gasteiger charge is 2.12. The van der Waals surface area contributed by atoms with E-state index in [4.69, 9.17) is 11.6 Å². The number of hydrogen-bond acceptors (Lipinski definition) is 3. The number of nitrogens with zero attached hydrogens (tertiary/aromatic N) is 1. The molecule has 0 saturated heterocycles. The van der Waals surface area contributed by atoms with Crippen molar-refractivity contribution in [2.24, 2.45) is 0 Å². The van der Waals surface area contributed by atoms with E-state index in [9.17, 15) is 5.11 Å². The fourth-order valence-corrected chi connectivity index (χ4v) is 3.50. The lowest BCUT2D eigenvalue weighted by Crippen LogP contribution is -1.82. The molecule has 0 aliphatic heterocycles. The molecule has 0 radical (unpaired) electrons.